The van der Waals surface area contributed by atoms with Crippen molar-refractivity contribution in [1.29, 1.82) is 0 Å². The van der Waals surface area contributed by atoms with Gasteiger partial charge in [0.1, 0.15) is 0 Å². The smallest absolute Gasteiger partial charge is 0.317 e. The van der Waals surface area contributed by atoms with Gasteiger partial charge in [0.05, 0.1) is 5.75 Å². The molecule has 126 valence electrons. The first kappa shape index (κ1) is 18.1. The van der Waals surface area contributed by atoms with E-state index in [2.05, 4.69) is 5.32 Å². The normalized spacial score (nSPS) is 11.6. The third-order valence-corrected chi connectivity index (χ3v) is 4.58. The van der Waals surface area contributed by atoms with E-state index in [1.54, 1.807) is 6.92 Å². The summed E-state index contributed by atoms with van der Waals surface area (Å²) in [5.41, 5.74) is 2.11. The number of nitrogens with one attached hydrogen (secondary N) is 1. The Kier molecular flexibility index (Phi) is 6.88. The van der Waals surface area contributed by atoms with Crippen LogP contribution in [0.4, 0.5) is 0 Å². The van der Waals surface area contributed by atoms with Crippen molar-refractivity contribution >= 4 is 23.6 Å². The number of hydrogen-bond acceptors (Lipinski definition) is 4. The van der Waals surface area contributed by atoms with Gasteiger partial charge in [-0.3, -0.25) is 9.59 Å². The van der Waals surface area contributed by atoms with Crippen LogP contribution in [0.15, 0.2) is 59.5 Å². The predicted octanol–water partition coefficient (Wildman–Crippen LogP) is 3.34. The van der Waals surface area contributed by atoms with E-state index in [1.807, 2.05) is 61.5 Å². The molecule has 1 N–H and O–H groups in total. The van der Waals surface area contributed by atoms with Gasteiger partial charge in [-0.25, -0.2) is 0 Å². The van der Waals surface area contributed by atoms with Crippen molar-refractivity contribution in [3.8, 4) is 0 Å². The molecule has 4 nitrogen and oxygen atoms in total. The summed E-state index contributed by atoms with van der Waals surface area (Å²) in [5, 5.41) is 2.76. The van der Waals surface area contributed by atoms with Crippen molar-refractivity contribution in [2.75, 3.05) is 5.75 Å². The fraction of sp³-hybridized carbons (Fsp3) is 0.263. The van der Waals surface area contributed by atoms with Crippen molar-refractivity contribution in [2.45, 2.75) is 31.4 Å². The van der Waals surface area contributed by atoms with Gasteiger partial charge in [-0.15, -0.1) is 11.8 Å². The molecule has 0 aliphatic carbocycles. The van der Waals surface area contributed by atoms with Crippen LogP contribution in [0, 0.1) is 6.92 Å². The van der Waals surface area contributed by atoms with Crippen molar-refractivity contribution < 1.29 is 14.3 Å². The molecule has 0 saturated heterocycles. The van der Waals surface area contributed by atoms with E-state index in [-0.39, 0.29) is 11.7 Å². The van der Waals surface area contributed by atoms with Gasteiger partial charge in [0.2, 0.25) is 0 Å². The maximum absolute atomic E-state index is 12.0. The van der Waals surface area contributed by atoms with Gasteiger partial charge in [0, 0.05) is 11.4 Å². The fourth-order valence-electron chi connectivity index (χ4n) is 2.07. The molecule has 1 amide bonds. The van der Waals surface area contributed by atoms with Crippen molar-refractivity contribution in [3.63, 3.8) is 0 Å². The molecule has 2 aromatic rings. The van der Waals surface area contributed by atoms with Crippen LogP contribution >= 0.6 is 11.8 Å². The quantitative estimate of drug-likeness (QED) is 0.619. The summed E-state index contributed by atoms with van der Waals surface area (Å²) in [6.45, 7) is 3.99. The Balaban J connectivity index is 1.74. The topological polar surface area (TPSA) is 55.4 Å². The minimum absolute atomic E-state index is 0.182. The molecule has 2 rings (SSSR count). The predicted molar refractivity (Wildman–Crippen MR) is 95.7 cm³/mol. The van der Waals surface area contributed by atoms with Gasteiger partial charge in [-0.05, 0) is 31.0 Å². The lowest BCUT2D eigenvalue weighted by atomic mass is 10.2. The molecular formula is C19H21NO3S. The monoisotopic (exact) mass is 343 g/mol. The molecule has 0 aliphatic heterocycles. The van der Waals surface area contributed by atoms with Crippen LogP contribution in [-0.2, 0) is 20.9 Å². The van der Waals surface area contributed by atoms with Crippen LogP contribution in [0.2, 0.25) is 0 Å². The number of esters is 1. The first-order valence-corrected chi connectivity index (χ1v) is 8.74. The molecule has 0 heterocycles. The van der Waals surface area contributed by atoms with E-state index < -0.39 is 12.1 Å². The van der Waals surface area contributed by atoms with Crippen LogP contribution in [0.1, 0.15) is 18.1 Å². The maximum Gasteiger partial charge on any atom is 0.317 e. The largest absolute Gasteiger partial charge is 0.452 e. The van der Waals surface area contributed by atoms with E-state index in [1.165, 1.54) is 11.8 Å². The zero-order valence-electron chi connectivity index (χ0n) is 13.8. The Bertz CT molecular complexity index is 688. The summed E-state index contributed by atoms with van der Waals surface area (Å²) in [6, 6.07) is 17.4. The number of carbonyl (C=O) groups excluding carboxylic acids is 2. The standard InChI is InChI=1S/C19H21NO3S/c1-14-8-6-7-11-17(14)24-13-18(21)23-15(2)19(22)20-12-16-9-4-3-5-10-16/h3-11,15H,12-13H2,1-2H3,(H,20,22). The molecule has 0 aromatic heterocycles. The first-order chi connectivity index (χ1) is 11.6. The molecule has 2 aromatic carbocycles. The van der Waals surface area contributed by atoms with Crippen molar-refractivity contribution in [1.82, 2.24) is 5.32 Å². The van der Waals surface area contributed by atoms with E-state index >= 15 is 0 Å². The molecule has 0 radical (unpaired) electrons. The van der Waals surface area contributed by atoms with E-state index in [0.29, 0.717) is 6.54 Å². The van der Waals surface area contributed by atoms with Crippen LogP contribution < -0.4 is 5.32 Å². The highest BCUT2D eigenvalue weighted by Crippen LogP contribution is 2.21. The third-order valence-electron chi connectivity index (χ3n) is 3.43. The second kappa shape index (κ2) is 9.13. The highest BCUT2D eigenvalue weighted by molar-refractivity contribution is 8.00. The molecule has 0 spiro atoms. The molecule has 1 unspecified atom stereocenters. The lowest BCUT2D eigenvalue weighted by Gasteiger charge is -2.13. The van der Waals surface area contributed by atoms with Gasteiger partial charge in [0.25, 0.3) is 5.91 Å². The average Bonchev–Trinajstić information content (AvgIpc) is 2.59. The van der Waals surface area contributed by atoms with E-state index in [9.17, 15) is 9.59 Å². The lowest BCUT2D eigenvalue weighted by molar-refractivity contribution is -0.152. The number of thioether (sulfide) groups is 1. The Morgan fingerprint density at radius 3 is 2.46 bits per heavy atom. The number of hydrogen-bond donors (Lipinski definition) is 1. The van der Waals surface area contributed by atoms with Crippen molar-refractivity contribution in [2.24, 2.45) is 0 Å². The highest BCUT2D eigenvalue weighted by atomic mass is 32.2. The number of carbonyl (C=O) groups is 2. The van der Waals surface area contributed by atoms with E-state index in [4.69, 9.17) is 4.74 Å². The first-order valence-electron chi connectivity index (χ1n) is 7.76. The zero-order chi connectivity index (χ0) is 17.4. The second-order valence-electron chi connectivity index (χ2n) is 5.39. The SMILES string of the molecule is Cc1ccccc1SCC(=O)OC(C)C(=O)NCc1ccccc1. The molecule has 0 aliphatic rings. The van der Waals surface area contributed by atoms with Crippen molar-refractivity contribution in [3.05, 3.63) is 65.7 Å². The Morgan fingerprint density at radius 1 is 1.08 bits per heavy atom. The molecule has 1 atom stereocenters. The van der Waals surface area contributed by atoms with Gasteiger partial charge in [-0.2, -0.15) is 0 Å². The molecular weight excluding hydrogens is 322 g/mol. The van der Waals surface area contributed by atoms with Crippen LogP contribution in [0.5, 0.6) is 0 Å². The zero-order valence-corrected chi connectivity index (χ0v) is 14.6. The third kappa shape index (κ3) is 5.74. The molecule has 0 fully saturated rings. The minimum atomic E-state index is -0.807. The molecule has 0 bridgehead atoms. The number of ether oxygens (including phenoxy) is 1. The Labute approximate surface area is 146 Å². The van der Waals surface area contributed by atoms with Gasteiger partial charge in [-0.1, -0.05) is 48.5 Å². The molecule has 24 heavy (non-hydrogen) atoms. The van der Waals surface area contributed by atoms with E-state index in [0.717, 1.165) is 16.0 Å². The maximum atomic E-state index is 12.0. The summed E-state index contributed by atoms with van der Waals surface area (Å²) in [4.78, 5) is 24.9. The molecule has 0 saturated carbocycles. The minimum Gasteiger partial charge on any atom is -0.452 e. The number of benzene rings is 2. The average molecular weight is 343 g/mol. The summed E-state index contributed by atoms with van der Waals surface area (Å²) in [5.74, 6) is -0.514. The van der Waals surface area contributed by atoms with Gasteiger partial charge >= 0.3 is 5.97 Å². The summed E-state index contributed by atoms with van der Waals surface area (Å²) in [6.07, 6.45) is -0.807. The number of aryl methyl sites for hydroxylation is 1. The van der Waals surface area contributed by atoms with Gasteiger partial charge in [0.15, 0.2) is 6.10 Å². The number of rotatable bonds is 7. The number of amides is 1. The second-order valence-corrected chi connectivity index (χ2v) is 6.41. The van der Waals surface area contributed by atoms with Crippen LogP contribution in [-0.4, -0.2) is 23.7 Å². The Morgan fingerprint density at radius 2 is 1.75 bits per heavy atom. The summed E-state index contributed by atoms with van der Waals surface area (Å²) >= 11 is 1.41. The van der Waals surface area contributed by atoms with Crippen LogP contribution in [0.25, 0.3) is 0 Å². The van der Waals surface area contributed by atoms with Crippen LogP contribution in [0.3, 0.4) is 0 Å². The fourth-order valence-corrected chi connectivity index (χ4v) is 2.88. The Hall–Kier alpha value is -2.27. The van der Waals surface area contributed by atoms with Gasteiger partial charge < -0.3 is 10.1 Å². The summed E-state index contributed by atoms with van der Waals surface area (Å²) in [7, 11) is 0. The highest BCUT2D eigenvalue weighted by Gasteiger charge is 2.17. The summed E-state index contributed by atoms with van der Waals surface area (Å²) < 4.78 is 5.19. The molecule has 5 heteroatoms. The lowest BCUT2D eigenvalue weighted by Crippen LogP contribution is -2.35.